The van der Waals surface area contributed by atoms with E-state index in [0.29, 0.717) is 5.56 Å². The zero-order valence-corrected chi connectivity index (χ0v) is 16.3. The number of amides is 1. The van der Waals surface area contributed by atoms with E-state index in [1.54, 1.807) is 36.4 Å². The predicted octanol–water partition coefficient (Wildman–Crippen LogP) is 4.17. The van der Waals surface area contributed by atoms with Crippen molar-refractivity contribution in [3.8, 4) is 0 Å². The van der Waals surface area contributed by atoms with Crippen LogP contribution in [0.1, 0.15) is 16.4 Å². The van der Waals surface area contributed by atoms with E-state index in [4.69, 9.17) is 0 Å². The molecule has 0 bridgehead atoms. The van der Waals surface area contributed by atoms with Crippen LogP contribution in [0.2, 0.25) is 0 Å². The lowest BCUT2D eigenvalue weighted by Crippen LogP contribution is -2.30. The molecule has 4 nitrogen and oxygen atoms in total. The fourth-order valence-electron chi connectivity index (χ4n) is 2.85. The van der Waals surface area contributed by atoms with Gasteiger partial charge < -0.3 is 5.32 Å². The molecular formula is C23H20FNO3S. The Bertz CT molecular complexity index is 1080. The van der Waals surface area contributed by atoms with Gasteiger partial charge in [0.2, 0.25) is 5.91 Å². The SMILES string of the molecule is O=C(/C=C/c1ccccc1)NCC(c1ccccc1)S(=O)(=O)c1ccc(F)cc1. The summed E-state index contributed by atoms with van der Waals surface area (Å²) >= 11 is 0. The molecule has 3 aromatic rings. The molecule has 0 fully saturated rings. The lowest BCUT2D eigenvalue weighted by Gasteiger charge is -2.18. The quantitative estimate of drug-likeness (QED) is 0.471. The lowest BCUT2D eigenvalue weighted by molar-refractivity contribution is -0.116. The molecule has 1 amide bonds. The third-order valence-corrected chi connectivity index (χ3v) is 6.49. The van der Waals surface area contributed by atoms with E-state index in [0.717, 1.165) is 17.7 Å². The molecule has 0 saturated heterocycles. The Morgan fingerprint density at radius 2 is 1.48 bits per heavy atom. The summed E-state index contributed by atoms with van der Waals surface area (Å²) in [5.41, 5.74) is 1.41. The molecule has 0 heterocycles. The summed E-state index contributed by atoms with van der Waals surface area (Å²) in [5.74, 6) is -0.913. The largest absolute Gasteiger partial charge is 0.351 e. The molecule has 0 spiro atoms. The van der Waals surface area contributed by atoms with Gasteiger partial charge >= 0.3 is 0 Å². The second-order valence-corrected chi connectivity index (χ2v) is 8.52. The molecule has 3 rings (SSSR count). The predicted molar refractivity (Wildman–Crippen MR) is 111 cm³/mol. The van der Waals surface area contributed by atoms with Crippen LogP contribution in [0.25, 0.3) is 6.08 Å². The van der Waals surface area contributed by atoms with Crippen molar-refractivity contribution >= 4 is 21.8 Å². The van der Waals surface area contributed by atoms with Crippen molar-refractivity contribution in [1.29, 1.82) is 0 Å². The van der Waals surface area contributed by atoms with Gasteiger partial charge in [-0.25, -0.2) is 12.8 Å². The normalized spacial score (nSPS) is 12.6. The van der Waals surface area contributed by atoms with E-state index in [1.165, 1.54) is 18.2 Å². The molecule has 0 aliphatic carbocycles. The highest BCUT2D eigenvalue weighted by Crippen LogP contribution is 2.28. The number of sulfone groups is 1. The van der Waals surface area contributed by atoms with Gasteiger partial charge in [-0.05, 0) is 41.5 Å². The van der Waals surface area contributed by atoms with Crippen molar-refractivity contribution in [2.24, 2.45) is 0 Å². The van der Waals surface area contributed by atoms with Gasteiger partial charge in [-0.2, -0.15) is 0 Å². The number of rotatable bonds is 7. The number of hydrogen-bond donors (Lipinski definition) is 1. The highest BCUT2D eigenvalue weighted by Gasteiger charge is 2.29. The average Bonchev–Trinajstić information content (AvgIpc) is 2.74. The zero-order chi connectivity index (χ0) is 20.7. The average molecular weight is 409 g/mol. The molecule has 148 valence electrons. The molecule has 0 aliphatic heterocycles. The van der Waals surface area contributed by atoms with Crippen LogP contribution in [-0.4, -0.2) is 20.9 Å². The minimum absolute atomic E-state index is 0.00169. The van der Waals surface area contributed by atoms with E-state index in [1.807, 2.05) is 30.3 Å². The molecule has 0 aromatic heterocycles. The first-order valence-electron chi connectivity index (χ1n) is 9.02. The summed E-state index contributed by atoms with van der Waals surface area (Å²) in [6, 6.07) is 22.6. The van der Waals surface area contributed by atoms with E-state index in [9.17, 15) is 17.6 Å². The third kappa shape index (κ3) is 5.39. The van der Waals surface area contributed by atoms with Crippen molar-refractivity contribution in [3.05, 3.63) is 108 Å². The topological polar surface area (TPSA) is 63.2 Å². The van der Waals surface area contributed by atoms with E-state index < -0.39 is 26.8 Å². The molecule has 0 aliphatic rings. The van der Waals surface area contributed by atoms with Crippen LogP contribution < -0.4 is 5.32 Å². The van der Waals surface area contributed by atoms with Gasteiger partial charge in [-0.3, -0.25) is 4.79 Å². The molecule has 6 heteroatoms. The molecular weight excluding hydrogens is 389 g/mol. The summed E-state index contributed by atoms with van der Waals surface area (Å²) in [5, 5.41) is 1.66. The first kappa shape index (κ1) is 20.5. The molecule has 0 saturated carbocycles. The molecule has 29 heavy (non-hydrogen) atoms. The fraction of sp³-hybridized carbons (Fsp3) is 0.0870. The summed E-state index contributed by atoms with van der Waals surface area (Å²) in [7, 11) is -3.84. The van der Waals surface area contributed by atoms with Crippen molar-refractivity contribution in [2.45, 2.75) is 10.1 Å². The number of benzene rings is 3. The van der Waals surface area contributed by atoms with Crippen LogP contribution in [0.4, 0.5) is 4.39 Å². The van der Waals surface area contributed by atoms with Gasteiger partial charge in [-0.15, -0.1) is 0 Å². The first-order chi connectivity index (χ1) is 14.0. The zero-order valence-electron chi connectivity index (χ0n) is 15.5. The fourth-order valence-corrected chi connectivity index (χ4v) is 4.51. The Morgan fingerprint density at radius 3 is 2.10 bits per heavy atom. The molecule has 3 aromatic carbocycles. The van der Waals surface area contributed by atoms with Crippen molar-refractivity contribution < 1.29 is 17.6 Å². The Hall–Kier alpha value is -3.25. The standard InChI is InChI=1S/C23H20FNO3S/c24-20-12-14-21(15-13-20)29(27,28)22(19-9-5-2-6-10-19)17-25-23(26)16-11-18-7-3-1-4-8-18/h1-16,22H,17H2,(H,25,26)/b16-11+. The minimum atomic E-state index is -3.84. The van der Waals surface area contributed by atoms with Crippen LogP contribution in [0, 0.1) is 5.82 Å². The Labute approximate surface area is 169 Å². The summed E-state index contributed by atoms with van der Waals surface area (Å²) in [6.45, 7) is -0.109. The molecule has 0 radical (unpaired) electrons. The second-order valence-electron chi connectivity index (χ2n) is 6.39. The first-order valence-corrected chi connectivity index (χ1v) is 10.6. The van der Waals surface area contributed by atoms with E-state index in [2.05, 4.69) is 5.32 Å². The van der Waals surface area contributed by atoms with Gasteiger partial charge in [0.25, 0.3) is 0 Å². The highest BCUT2D eigenvalue weighted by atomic mass is 32.2. The van der Waals surface area contributed by atoms with Gasteiger partial charge in [0, 0.05) is 12.6 Å². The smallest absolute Gasteiger partial charge is 0.244 e. The number of carbonyl (C=O) groups excluding carboxylic acids is 1. The molecule has 1 atom stereocenters. The number of halogens is 1. The van der Waals surface area contributed by atoms with E-state index >= 15 is 0 Å². The van der Waals surface area contributed by atoms with Gasteiger partial charge in [-0.1, -0.05) is 60.7 Å². The van der Waals surface area contributed by atoms with Crippen LogP contribution in [0.5, 0.6) is 0 Å². The summed E-state index contributed by atoms with van der Waals surface area (Å²) in [6.07, 6.45) is 3.02. The summed E-state index contributed by atoms with van der Waals surface area (Å²) in [4.78, 5) is 12.2. The maximum atomic E-state index is 13.2. The lowest BCUT2D eigenvalue weighted by atomic mass is 10.1. The number of carbonyl (C=O) groups is 1. The monoisotopic (exact) mass is 409 g/mol. The number of nitrogens with one attached hydrogen (secondary N) is 1. The summed E-state index contributed by atoms with van der Waals surface area (Å²) < 4.78 is 39.5. The molecule has 1 unspecified atom stereocenters. The Balaban J connectivity index is 1.80. The molecule has 1 N–H and O–H groups in total. The minimum Gasteiger partial charge on any atom is -0.351 e. The van der Waals surface area contributed by atoms with Crippen LogP contribution >= 0.6 is 0 Å². The number of hydrogen-bond acceptors (Lipinski definition) is 3. The highest BCUT2D eigenvalue weighted by molar-refractivity contribution is 7.91. The van der Waals surface area contributed by atoms with Crippen molar-refractivity contribution in [1.82, 2.24) is 5.32 Å². The Morgan fingerprint density at radius 1 is 0.897 bits per heavy atom. The van der Waals surface area contributed by atoms with Gasteiger partial charge in [0.15, 0.2) is 9.84 Å². The van der Waals surface area contributed by atoms with Crippen molar-refractivity contribution in [3.63, 3.8) is 0 Å². The van der Waals surface area contributed by atoms with Crippen LogP contribution in [0.3, 0.4) is 0 Å². The van der Waals surface area contributed by atoms with Gasteiger partial charge in [0.05, 0.1) is 4.90 Å². The van der Waals surface area contributed by atoms with E-state index in [-0.39, 0.29) is 11.4 Å². The van der Waals surface area contributed by atoms with Crippen LogP contribution in [0.15, 0.2) is 95.9 Å². The maximum Gasteiger partial charge on any atom is 0.244 e. The second kappa shape index (κ2) is 9.30. The third-order valence-electron chi connectivity index (χ3n) is 4.38. The van der Waals surface area contributed by atoms with Gasteiger partial charge in [0.1, 0.15) is 11.1 Å². The van der Waals surface area contributed by atoms with Crippen molar-refractivity contribution in [2.75, 3.05) is 6.54 Å². The van der Waals surface area contributed by atoms with Crippen LogP contribution in [-0.2, 0) is 14.6 Å². The Kier molecular flexibility index (Phi) is 6.57. The maximum absolute atomic E-state index is 13.2.